The minimum atomic E-state index is -0.991. The normalized spacial score (nSPS) is 11.6. The Morgan fingerprint density at radius 3 is 2.58 bits per heavy atom. The average Bonchev–Trinajstić information content (AvgIpc) is 3.18. The number of likely N-dealkylation sites (N-methyl/N-ethyl adjacent to an activating group) is 1. The van der Waals surface area contributed by atoms with Gasteiger partial charge < -0.3 is 19.7 Å². The first kappa shape index (κ1) is 22.2. The van der Waals surface area contributed by atoms with Gasteiger partial charge in [-0.2, -0.15) is 0 Å². The van der Waals surface area contributed by atoms with Crippen LogP contribution >= 0.6 is 11.3 Å². The van der Waals surface area contributed by atoms with Gasteiger partial charge in [0.2, 0.25) is 0 Å². The summed E-state index contributed by atoms with van der Waals surface area (Å²) in [4.78, 5) is 42.9. The van der Waals surface area contributed by atoms with Crippen molar-refractivity contribution in [3.05, 3.63) is 59.1 Å². The lowest BCUT2D eigenvalue weighted by molar-refractivity contribution is -0.157. The Bertz CT molecular complexity index is 1060. The molecule has 1 N–H and O–H groups in total. The molecule has 9 heteroatoms. The maximum absolute atomic E-state index is 12.6. The Morgan fingerprint density at radius 1 is 1.13 bits per heavy atom. The van der Waals surface area contributed by atoms with Gasteiger partial charge in [0.25, 0.3) is 11.8 Å². The fourth-order valence-electron chi connectivity index (χ4n) is 2.95. The molecule has 3 rings (SSSR count). The lowest BCUT2D eigenvalue weighted by atomic mass is 10.2. The van der Waals surface area contributed by atoms with Gasteiger partial charge in [0.05, 0.1) is 29.4 Å². The van der Waals surface area contributed by atoms with E-state index in [1.54, 1.807) is 31.3 Å². The Hall–Kier alpha value is -3.46. The second-order valence-corrected chi connectivity index (χ2v) is 7.90. The zero-order chi connectivity index (χ0) is 22.4. The van der Waals surface area contributed by atoms with Gasteiger partial charge in [-0.1, -0.05) is 24.3 Å². The number of benzene rings is 2. The molecule has 0 saturated heterocycles. The number of fused-ring (bicyclic) bond motifs is 1. The number of methoxy groups -OCH3 is 1. The molecule has 0 spiro atoms. The van der Waals surface area contributed by atoms with E-state index in [-0.39, 0.29) is 12.5 Å². The van der Waals surface area contributed by atoms with E-state index < -0.39 is 18.0 Å². The summed E-state index contributed by atoms with van der Waals surface area (Å²) in [6.07, 6.45) is -0.991. The van der Waals surface area contributed by atoms with Gasteiger partial charge in [0, 0.05) is 7.05 Å². The van der Waals surface area contributed by atoms with Crippen LogP contribution in [0.15, 0.2) is 48.5 Å². The predicted octanol–water partition coefficient (Wildman–Crippen LogP) is 2.62. The fourth-order valence-corrected chi connectivity index (χ4v) is 3.97. The van der Waals surface area contributed by atoms with Crippen LogP contribution in [-0.2, 0) is 20.9 Å². The maximum atomic E-state index is 12.6. The summed E-state index contributed by atoms with van der Waals surface area (Å²) in [6, 6.07) is 14.4. The van der Waals surface area contributed by atoms with Crippen LogP contribution in [0, 0.1) is 0 Å². The standard InChI is InChI=1S/C22H23N3O5S/c1-14(22(28)25(2)13-19-24-16-9-5-7-11-18(16)31-19)30-20(26)12-23-21(27)15-8-4-6-10-17(15)29-3/h4-11,14H,12-13H2,1-3H3,(H,23,27). The molecule has 8 nitrogen and oxygen atoms in total. The molecular weight excluding hydrogens is 418 g/mol. The summed E-state index contributed by atoms with van der Waals surface area (Å²) in [7, 11) is 3.08. The Morgan fingerprint density at radius 2 is 1.84 bits per heavy atom. The molecule has 0 aliphatic rings. The van der Waals surface area contributed by atoms with Crippen LogP contribution in [0.5, 0.6) is 5.75 Å². The van der Waals surface area contributed by atoms with E-state index in [4.69, 9.17) is 9.47 Å². The highest BCUT2D eigenvalue weighted by Crippen LogP contribution is 2.22. The molecule has 2 aromatic carbocycles. The summed E-state index contributed by atoms with van der Waals surface area (Å²) in [5.41, 5.74) is 1.19. The smallest absolute Gasteiger partial charge is 0.326 e. The maximum Gasteiger partial charge on any atom is 0.326 e. The first-order valence-corrected chi connectivity index (χ1v) is 10.4. The van der Waals surface area contributed by atoms with Gasteiger partial charge in [0.15, 0.2) is 6.10 Å². The molecule has 0 fully saturated rings. The van der Waals surface area contributed by atoms with Crippen molar-refractivity contribution in [1.82, 2.24) is 15.2 Å². The molecule has 1 aromatic heterocycles. The Labute approximate surface area is 183 Å². The molecule has 2 amide bonds. The van der Waals surface area contributed by atoms with E-state index in [9.17, 15) is 14.4 Å². The molecule has 0 saturated carbocycles. The second-order valence-electron chi connectivity index (χ2n) is 6.78. The topological polar surface area (TPSA) is 97.8 Å². The number of carbonyl (C=O) groups excluding carboxylic acids is 3. The van der Waals surface area contributed by atoms with Gasteiger partial charge in [-0.05, 0) is 31.2 Å². The number of esters is 1. The SMILES string of the molecule is COc1ccccc1C(=O)NCC(=O)OC(C)C(=O)N(C)Cc1nc2ccccc2s1. The van der Waals surface area contributed by atoms with Gasteiger partial charge in [-0.25, -0.2) is 4.98 Å². The molecule has 162 valence electrons. The summed E-state index contributed by atoms with van der Waals surface area (Å²) in [5.74, 6) is -1.14. The van der Waals surface area contributed by atoms with E-state index in [1.165, 1.54) is 30.3 Å². The highest BCUT2D eigenvalue weighted by Gasteiger charge is 2.23. The summed E-state index contributed by atoms with van der Waals surface area (Å²) in [5, 5.41) is 3.27. The van der Waals surface area contributed by atoms with Gasteiger partial charge in [-0.15, -0.1) is 11.3 Å². The Balaban J connectivity index is 1.50. The third-order valence-corrected chi connectivity index (χ3v) is 5.51. The zero-order valence-electron chi connectivity index (χ0n) is 17.5. The number of rotatable bonds is 8. The van der Waals surface area contributed by atoms with Gasteiger partial charge >= 0.3 is 5.97 Å². The number of nitrogens with zero attached hydrogens (tertiary/aromatic N) is 2. The van der Waals surface area contributed by atoms with Gasteiger partial charge in [0.1, 0.15) is 17.3 Å². The minimum absolute atomic E-state index is 0.303. The van der Waals surface area contributed by atoms with Crippen molar-refractivity contribution >= 4 is 39.3 Å². The lowest BCUT2D eigenvalue weighted by Gasteiger charge is -2.20. The van der Waals surface area contributed by atoms with Crippen molar-refractivity contribution in [1.29, 1.82) is 0 Å². The first-order chi connectivity index (χ1) is 14.9. The lowest BCUT2D eigenvalue weighted by Crippen LogP contribution is -2.39. The first-order valence-electron chi connectivity index (χ1n) is 9.59. The summed E-state index contributed by atoms with van der Waals surface area (Å²) >= 11 is 1.51. The quantitative estimate of drug-likeness (QED) is 0.540. The molecule has 0 bridgehead atoms. The molecule has 3 aromatic rings. The number of para-hydroxylation sites is 2. The van der Waals surface area contributed by atoms with Crippen molar-refractivity contribution in [3.8, 4) is 5.75 Å². The monoisotopic (exact) mass is 441 g/mol. The van der Waals surface area contributed by atoms with Crippen molar-refractivity contribution in [3.63, 3.8) is 0 Å². The number of hydrogen-bond acceptors (Lipinski definition) is 7. The van der Waals surface area contributed by atoms with E-state index in [1.807, 2.05) is 24.3 Å². The molecule has 1 heterocycles. The number of aromatic nitrogens is 1. The van der Waals surface area contributed by atoms with Crippen LogP contribution in [0.25, 0.3) is 10.2 Å². The second kappa shape index (κ2) is 10.0. The van der Waals surface area contributed by atoms with Crippen LogP contribution in [0.2, 0.25) is 0 Å². The molecular formula is C22H23N3O5S. The molecule has 1 atom stereocenters. The van der Waals surface area contributed by atoms with Crippen molar-refractivity contribution < 1.29 is 23.9 Å². The van der Waals surface area contributed by atoms with E-state index >= 15 is 0 Å². The van der Waals surface area contributed by atoms with E-state index in [2.05, 4.69) is 10.3 Å². The van der Waals surface area contributed by atoms with Crippen LogP contribution in [0.1, 0.15) is 22.3 Å². The molecule has 1 unspecified atom stereocenters. The highest BCUT2D eigenvalue weighted by atomic mass is 32.1. The molecule has 31 heavy (non-hydrogen) atoms. The third-order valence-electron chi connectivity index (χ3n) is 4.49. The molecule has 0 aliphatic heterocycles. The van der Waals surface area contributed by atoms with Gasteiger partial charge in [-0.3, -0.25) is 14.4 Å². The van der Waals surface area contributed by atoms with E-state index in [0.717, 1.165) is 15.2 Å². The van der Waals surface area contributed by atoms with Crippen LogP contribution < -0.4 is 10.1 Å². The third kappa shape index (κ3) is 5.58. The van der Waals surface area contributed by atoms with Crippen LogP contribution in [0.3, 0.4) is 0 Å². The predicted molar refractivity (Wildman–Crippen MR) is 117 cm³/mol. The number of amides is 2. The zero-order valence-corrected chi connectivity index (χ0v) is 18.3. The average molecular weight is 442 g/mol. The molecule has 0 radical (unpaired) electrons. The number of thiazole rings is 1. The Kier molecular flexibility index (Phi) is 7.19. The van der Waals surface area contributed by atoms with Crippen LogP contribution in [0.4, 0.5) is 0 Å². The van der Waals surface area contributed by atoms with E-state index in [0.29, 0.717) is 17.9 Å². The molecule has 0 aliphatic carbocycles. The fraction of sp³-hybridized carbons (Fsp3) is 0.273. The summed E-state index contributed by atoms with van der Waals surface area (Å²) < 4.78 is 11.4. The number of hydrogen-bond donors (Lipinski definition) is 1. The van der Waals surface area contributed by atoms with Crippen molar-refractivity contribution in [2.75, 3.05) is 20.7 Å². The number of ether oxygens (including phenoxy) is 2. The van der Waals surface area contributed by atoms with Crippen LogP contribution in [-0.4, -0.2) is 54.5 Å². The van der Waals surface area contributed by atoms with Crippen molar-refractivity contribution in [2.45, 2.75) is 19.6 Å². The number of nitrogens with one attached hydrogen (secondary N) is 1. The number of carbonyl (C=O) groups is 3. The highest BCUT2D eigenvalue weighted by molar-refractivity contribution is 7.18. The minimum Gasteiger partial charge on any atom is -0.496 e. The summed E-state index contributed by atoms with van der Waals surface area (Å²) in [6.45, 7) is 1.44. The van der Waals surface area contributed by atoms with Crippen molar-refractivity contribution in [2.24, 2.45) is 0 Å². The largest absolute Gasteiger partial charge is 0.496 e.